The monoisotopic (exact) mass is 627 g/mol. The highest BCUT2D eigenvalue weighted by molar-refractivity contribution is 9.10. The second-order valence-electron chi connectivity index (χ2n) is 10.4. The first-order chi connectivity index (χ1) is 19.6. The highest BCUT2D eigenvalue weighted by atomic mass is 79.9. The fourth-order valence-electron chi connectivity index (χ4n) is 5.42. The van der Waals surface area contributed by atoms with E-state index < -0.39 is 23.1 Å². The number of Topliss-reactive ketones (excluding diaryl/α,β-unsaturated/α-hetero) is 1. The van der Waals surface area contributed by atoms with Crippen molar-refractivity contribution in [1.29, 1.82) is 0 Å². The average Bonchev–Trinajstić information content (AvgIpc) is 3.73. The maximum Gasteiger partial charge on any atom is 0.416 e. The molecule has 0 bridgehead atoms. The van der Waals surface area contributed by atoms with Crippen molar-refractivity contribution in [2.75, 3.05) is 24.1 Å². The number of carbonyl (C=O) groups is 2. The molecule has 2 fully saturated rings. The van der Waals surface area contributed by atoms with Crippen LogP contribution < -0.4 is 16.4 Å². The first-order valence-corrected chi connectivity index (χ1v) is 13.9. The predicted molar refractivity (Wildman–Crippen MR) is 149 cm³/mol. The Kier molecular flexibility index (Phi) is 6.81. The predicted octanol–water partition coefficient (Wildman–Crippen LogP) is 5.01. The number of halogens is 4. The van der Waals surface area contributed by atoms with E-state index in [2.05, 4.69) is 36.5 Å². The fourth-order valence-corrected chi connectivity index (χ4v) is 5.87. The van der Waals surface area contributed by atoms with Crippen molar-refractivity contribution in [3.63, 3.8) is 0 Å². The first-order valence-electron chi connectivity index (χ1n) is 13.1. The molecule has 9 nitrogen and oxygen atoms in total. The second kappa shape index (κ2) is 10.2. The maximum absolute atomic E-state index is 13.7. The average molecular weight is 628 g/mol. The van der Waals surface area contributed by atoms with Crippen molar-refractivity contribution in [2.24, 2.45) is 5.92 Å². The molecule has 1 aliphatic heterocycles. The number of carbonyl (C=O) groups excluding carboxylic acids is 2. The van der Waals surface area contributed by atoms with Crippen molar-refractivity contribution < 1.29 is 22.8 Å². The zero-order chi connectivity index (χ0) is 28.9. The number of fused-ring (bicyclic) bond motifs is 1. The summed E-state index contributed by atoms with van der Waals surface area (Å²) < 4.78 is 41.6. The third kappa shape index (κ3) is 4.97. The van der Waals surface area contributed by atoms with E-state index >= 15 is 0 Å². The molecular weight excluding hydrogens is 603 g/mol. The number of nitrogens with zero attached hydrogens (tertiary/aromatic N) is 4. The van der Waals surface area contributed by atoms with E-state index in [1.54, 1.807) is 18.3 Å². The van der Waals surface area contributed by atoms with Gasteiger partial charge in [-0.05, 0) is 72.4 Å². The van der Waals surface area contributed by atoms with E-state index in [0.717, 1.165) is 44.1 Å². The van der Waals surface area contributed by atoms with Gasteiger partial charge in [-0.3, -0.25) is 14.0 Å². The van der Waals surface area contributed by atoms with Crippen molar-refractivity contribution in [3.8, 4) is 11.3 Å². The van der Waals surface area contributed by atoms with Crippen LogP contribution in [0.2, 0.25) is 0 Å². The number of alkyl halides is 3. The number of anilines is 2. The number of nitrogens with one attached hydrogen (secondary N) is 2. The van der Waals surface area contributed by atoms with Gasteiger partial charge in [-0.1, -0.05) is 12.1 Å². The van der Waals surface area contributed by atoms with Gasteiger partial charge in [0.05, 0.1) is 17.2 Å². The minimum Gasteiger partial charge on any atom is -0.382 e. The number of rotatable bonds is 6. The van der Waals surface area contributed by atoms with Crippen LogP contribution >= 0.6 is 15.9 Å². The molecule has 2 aliphatic rings. The fraction of sp³-hybridized carbons (Fsp3) is 0.321. The van der Waals surface area contributed by atoms with Crippen molar-refractivity contribution in [1.82, 2.24) is 24.7 Å². The van der Waals surface area contributed by atoms with E-state index in [4.69, 9.17) is 10.7 Å². The van der Waals surface area contributed by atoms with Crippen LogP contribution in [-0.4, -0.2) is 44.1 Å². The summed E-state index contributed by atoms with van der Waals surface area (Å²) in [5.41, 5.74) is 6.50. The molecule has 0 spiro atoms. The molecule has 6 rings (SSSR count). The molecule has 3 aromatic heterocycles. The van der Waals surface area contributed by atoms with Crippen LogP contribution in [0.3, 0.4) is 0 Å². The van der Waals surface area contributed by atoms with Gasteiger partial charge >= 0.3 is 6.18 Å². The van der Waals surface area contributed by atoms with Crippen LogP contribution in [0.5, 0.6) is 0 Å². The smallest absolute Gasteiger partial charge is 0.382 e. The summed E-state index contributed by atoms with van der Waals surface area (Å²) in [7, 11) is 0. The van der Waals surface area contributed by atoms with Gasteiger partial charge in [-0.2, -0.15) is 13.2 Å². The Labute approximate surface area is 240 Å². The Morgan fingerprint density at radius 2 is 1.90 bits per heavy atom. The molecule has 4 heterocycles. The van der Waals surface area contributed by atoms with Gasteiger partial charge in [0.25, 0.3) is 5.91 Å². The number of benzene rings is 1. The molecule has 1 atom stereocenters. The minimum atomic E-state index is -4.56. The Bertz CT molecular complexity index is 1660. The lowest BCUT2D eigenvalue weighted by Gasteiger charge is -2.35. The molecule has 4 N–H and O–H groups in total. The van der Waals surface area contributed by atoms with Gasteiger partial charge in [-0.15, -0.1) is 0 Å². The summed E-state index contributed by atoms with van der Waals surface area (Å²) in [5, 5.41) is 5.80. The summed E-state index contributed by atoms with van der Waals surface area (Å²) >= 11 is 3.58. The van der Waals surface area contributed by atoms with Crippen LogP contribution in [0.4, 0.5) is 24.8 Å². The molecule has 1 saturated carbocycles. The second-order valence-corrected chi connectivity index (χ2v) is 11.2. The zero-order valence-corrected chi connectivity index (χ0v) is 23.2. The third-order valence-corrected chi connectivity index (χ3v) is 8.18. The molecule has 1 aliphatic carbocycles. The molecule has 13 heteroatoms. The number of hydrogen-bond acceptors (Lipinski definition) is 7. The minimum absolute atomic E-state index is 0.0211. The molecule has 0 unspecified atom stereocenters. The van der Waals surface area contributed by atoms with Crippen molar-refractivity contribution >= 4 is 44.8 Å². The Hall–Kier alpha value is -3.84. The number of piperidine rings is 1. The summed E-state index contributed by atoms with van der Waals surface area (Å²) in [6.07, 6.45) is 1.25. The van der Waals surface area contributed by atoms with Crippen LogP contribution in [0.1, 0.15) is 47.4 Å². The Morgan fingerprint density at radius 3 is 2.56 bits per heavy atom. The summed E-state index contributed by atoms with van der Waals surface area (Å²) in [4.78, 5) is 39.7. The van der Waals surface area contributed by atoms with Gasteiger partial charge in [0.15, 0.2) is 5.78 Å². The van der Waals surface area contributed by atoms with E-state index in [9.17, 15) is 22.8 Å². The molecule has 4 aromatic rings. The lowest BCUT2D eigenvalue weighted by molar-refractivity contribution is -0.137. The van der Waals surface area contributed by atoms with Crippen LogP contribution in [0, 0.1) is 5.92 Å². The summed E-state index contributed by atoms with van der Waals surface area (Å²) in [5.74, 6) is 0.189. The lowest BCUT2D eigenvalue weighted by atomic mass is 9.74. The van der Waals surface area contributed by atoms with Gasteiger partial charge in [0.2, 0.25) is 0 Å². The topological polar surface area (TPSA) is 127 Å². The van der Waals surface area contributed by atoms with Gasteiger partial charge in [-0.25, -0.2) is 15.0 Å². The third-order valence-electron chi connectivity index (χ3n) is 7.62. The number of amides is 1. The van der Waals surface area contributed by atoms with Crippen molar-refractivity contribution in [3.05, 3.63) is 70.3 Å². The summed E-state index contributed by atoms with van der Waals surface area (Å²) in [6, 6.07) is 8.04. The van der Waals surface area contributed by atoms with E-state index in [-0.39, 0.29) is 28.9 Å². The number of aromatic nitrogens is 4. The van der Waals surface area contributed by atoms with Crippen LogP contribution in [0.25, 0.3) is 16.8 Å². The first kappa shape index (κ1) is 27.3. The zero-order valence-electron chi connectivity index (χ0n) is 21.6. The van der Waals surface area contributed by atoms with Crippen LogP contribution in [0.15, 0.2) is 53.4 Å². The van der Waals surface area contributed by atoms with Gasteiger partial charge in [0, 0.05) is 29.8 Å². The quantitative estimate of drug-likeness (QED) is 0.274. The molecule has 1 aromatic carbocycles. The van der Waals surface area contributed by atoms with E-state index in [0.29, 0.717) is 40.2 Å². The molecule has 41 heavy (non-hydrogen) atoms. The molecule has 212 valence electrons. The number of hydrogen-bond donors (Lipinski definition) is 3. The molecule has 1 saturated heterocycles. The van der Waals surface area contributed by atoms with Gasteiger partial charge < -0.3 is 16.4 Å². The van der Waals surface area contributed by atoms with E-state index in [1.807, 2.05) is 4.40 Å². The maximum atomic E-state index is 13.7. The standard InChI is InChI=1S/C28H25BrF3N7O2/c29-19-13-36-24(33)22-21(38-26(39(19)22)27(9-1-10-34-14-27)23(40)16-4-5-16)15-2-6-17(7-3-15)25(41)37-20-12-18(8-11-35-20)28(30,31)32/h2-3,6-8,11-13,16,34H,1,4-5,9-10,14H2,(H2,33,36)(H,35,37,41)/t27-/m0/s1. The SMILES string of the molecule is Nc1ncc(Br)n2c([C@@]3(C(=O)C4CC4)CCCNC3)nc(-c3ccc(C(=O)Nc4cc(C(F)(F)F)ccn4)cc3)c12. The summed E-state index contributed by atoms with van der Waals surface area (Å²) in [6.45, 7) is 1.29. The number of nitrogens with two attached hydrogens (primary N) is 1. The Morgan fingerprint density at radius 1 is 1.15 bits per heavy atom. The Balaban J connectivity index is 1.37. The van der Waals surface area contributed by atoms with Crippen LogP contribution in [-0.2, 0) is 16.4 Å². The number of pyridine rings is 1. The highest BCUT2D eigenvalue weighted by Gasteiger charge is 2.50. The largest absolute Gasteiger partial charge is 0.416 e. The number of nitrogen functional groups attached to an aromatic ring is 1. The van der Waals surface area contributed by atoms with Crippen molar-refractivity contribution in [2.45, 2.75) is 37.3 Å². The molecular formula is C28H25BrF3N7O2. The van der Waals surface area contributed by atoms with Gasteiger partial charge in [0.1, 0.15) is 33.3 Å². The molecule has 0 radical (unpaired) electrons. The highest BCUT2D eigenvalue weighted by Crippen LogP contribution is 2.44. The number of ketones is 1. The number of imidazole rings is 1. The lowest BCUT2D eigenvalue weighted by Crippen LogP contribution is -2.51. The molecule has 1 amide bonds. The normalized spacial score (nSPS) is 19.3. The van der Waals surface area contributed by atoms with E-state index in [1.165, 1.54) is 12.1 Å².